The van der Waals surface area contributed by atoms with Crippen molar-refractivity contribution in [3.63, 3.8) is 0 Å². The summed E-state index contributed by atoms with van der Waals surface area (Å²) in [7, 11) is 1.60. The molecule has 1 aliphatic rings. The van der Waals surface area contributed by atoms with Gasteiger partial charge in [0.15, 0.2) is 0 Å². The minimum absolute atomic E-state index is 0.279. The first-order valence-electron chi connectivity index (χ1n) is 7.81. The van der Waals surface area contributed by atoms with Crippen molar-refractivity contribution in [3.05, 3.63) is 48.0 Å². The van der Waals surface area contributed by atoms with Crippen molar-refractivity contribution in [1.82, 2.24) is 15.3 Å². The normalized spacial score (nSPS) is 17.7. The van der Waals surface area contributed by atoms with Gasteiger partial charge in [0.2, 0.25) is 0 Å². The van der Waals surface area contributed by atoms with Crippen LogP contribution in [0, 0.1) is 5.82 Å². The molecule has 3 heterocycles. The molecule has 1 aliphatic heterocycles. The number of aromatic nitrogens is 2. The number of fused-ring (bicyclic) bond motifs is 1. The van der Waals surface area contributed by atoms with E-state index in [1.54, 1.807) is 19.4 Å². The first-order chi connectivity index (χ1) is 11.3. The highest BCUT2D eigenvalue weighted by atomic mass is 19.1. The lowest BCUT2D eigenvalue weighted by Crippen LogP contribution is -2.12. The maximum atomic E-state index is 13.7. The van der Waals surface area contributed by atoms with Crippen LogP contribution in [-0.4, -0.2) is 23.6 Å². The first kappa shape index (κ1) is 14.2. The van der Waals surface area contributed by atoms with Gasteiger partial charge in [-0.15, -0.1) is 0 Å². The van der Waals surface area contributed by atoms with Gasteiger partial charge in [0.05, 0.1) is 7.11 Å². The van der Waals surface area contributed by atoms with Crippen molar-refractivity contribution in [3.8, 4) is 16.9 Å². The molecule has 118 valence electrons. The number of H-pyrrole nitrogens is 1. The second kappa shape index (κ2) is 5.66. The number of nitrogens with zero attached hydrogens (tertiary/aromatic N) is 1. The van der Waals surface area contributed by atoms with Gasteiger partial charge in [0, 0.05) is 28.9 Å². The molecule has 0 radical (unpaired) electrons. The zero-order valence-corrected chi connectivity index (χ0v) is 12.9. The molecule has 0 amide bonds. The second-order valence-corrected chi connectivity index (χ2v) is 5.84. The average Bonchev–Trinajstić information content (AvgIpc) is 3.23. The topological polar surface area (TPSA) is 49.9 Å². The number of halogens is 1. The molecule has 5 heteroatoms. The molecule has 1 unspecified atom stereocenters. The predicted octanol–water partition coefficient (Wildman–Crippen LogP) is 3.80. The molecular formula is C18H18FN3O. The number of benzene rings is 1. The Kier molecular flexibility index (Phi) is 3.50. The third kappa shape index (κ3) is 2.47. The molecular weight excluding hydrogens is 293 g/mol. The molecule has 0 bridgehead atoms. The van der Waals surface area contributed by atoms with E-state index < -0.39 is 0 Å². The zero-order chi connectivity index (χ0) is 15.8. The quantitative estimate of drug-likeness (QED) is 0.773. The Morgan fingerprint density at radius 2 is 2.13 bits per heavy atom. The lowest BCUT2D eigenvalue weighted by Gasteiger charge is -2.09. The molecule has 0 spiro atoms. The van der Waals surface area contributed by atoms with E-state index in [0.29, 0.717) is 11.8 Å². The minimum atomic E-state index is -0.279. The van der Waals surface area contributed by atoms with E-state index in [9.17, 15) is 4.39 Å². The largest absolute Gasteiger partial charge is 0.496 e. The van der Waals surface area contributed by atoms with Crippen LogP contribution in [0.3, 0.4) is 0 Å². The summed E-state index contributed by atoms with van der Waals surface area (Å²) in [5.74, 6) is 0.375. The van der Waals surface area contributed by atoms with E-state index in [0.717, 1.165) is 40.8 Å². The molecule has 1 saturated heterocycles. The van der Waals surface area contributed by atoms with Gasteiger partial charge in [-0.1, -0.05) is 0 Å². The molecule has 0 aliphatic carbocycles. The van der Waals surface area contributed by atoms with Gasteiger partial charge in [-0.3, -0.25) is 0 Å². The highest BCUT2D eigenvalue weighted by molar-refractivity contribution is 5.95. The number of rotatable bonds is 3. The van der Waals surface area contributed by atoms with E-state index in [4.69, 9.17) is 4.74 Å². The Hall–Kier alpha value is -2.40. The fourth-order valence-corrected chi connectivity index (χ4v) is 3.31. The molecule has 2 N–H and O–H groups in total. The maximum absolute atomic E-state index is 13.7. The summed E-state index contributed by atoms with van der Waals surface area (Å²) in [6.45, 7) is 1.04. The summed E-state index contributed by atoms with van der Waals surface area (Å²) in [5, 5.41) is 4.47. The van der Waals surface area contributed by atoms with Crippen molar-refractivity contribution in [2.75, 3.05) is 13.7 Å². The predicted molar refractivity (Wildman–Crippen MR) is 88.0 cm³/mol. The molecule has 2 aromatic heterocycles. The van der Waals surface area contributed by atoms with Crippen LogP contribution < -0.4 is 10.1 Å². The number of hydrogen-bond acceptors (Lipinski definition) is 3. The highest BCUT2D eigenvalue weighted by Gasteiger charge is 2.20. The standard InChI is InChI=1S/C18H18FN3O/c1-23-17-5-4-11(19)9-13(17)12-6-8-21-18-14(12)10-16(22-18)15-3-2-7-20-15/h4-6,8-10,15,20H,2-3,7H2,1H3,(H,21,22). The third-order valence-corrected chi connectivity index (χ3v) is 4.44. The Balaban J connectivity index is 1.88. The summed E-state index contributed by atoms with van der Waals surface area (Å²) >= 11 is 0. The molecule has 1 aromatic carbocycles. The van der Waals surface area contributed by atoms with Gasteiger partial charge >= 0.3 is 0 Å². The maximum Gasteiger partial charge on any atom is 0.138 e. The average molecular weight is 311 g/mol. The van der Waals surface area contributed by atoms with Crippen LogP contribution in [0.2, 0.25) is 0 Å². The number of nitrogens with one attached hydrogen (secondary N) is 2. The smallest absolute Gasteiger partial charge is 0.138 e. The van der Waals surface area contributed by atoms with Crippen LogP contribution in [0.15, 0.2) is 36.5 Å². The Morgan fingerprint density at radius 1 is 1.22 bits per heavy atom. The van der Waals surface area contributed by atoms with Crippen molar-refractivity contribution in [2.24, 2.45) is 0 Å². The first-order valence-corrected chi connectivity index (χ1v) is 7.81. The summed E-state index contributed by atoms with van der Waals surface area (Å²) in [5.41, 5.74) is 3.61. The van der Waals surface area contributed by atoms with Gasteiger partial charge in [0.1, 0.15) is 17.2 Å². The summed E-state index contributed by atoms with van der Waals surface area (Å²) in [6, 6.07) is 8.93. The van der Waals surface area contributed by atoms with Gasteiger partial charge in [-0.05, 0) is 55.3 Å². The van der Waals surface area contributed by atoms with Crippen molar-refractivity contribution in [2.45, 2.75) is 18.9 Å². The van der Waals surface area contributed by atoms with Crippen molar-refractivity contribution < 1.29 is 9.13 Å². The van der Waals surface area contributed by atoms with Gasteiger partial charge in [-0.25, -0.2) is 9.37 Å². The lowest BCUT2D eigenvalue weighted by atomic mass is 10.0. The Bertz CT molecular complexity index is 853. The van der Waals surface area contributed by atoms with Crippen LogP contribution in [-0.2, 0) is 0 Å². The molecule has 4 rings (SSSR count). The number of pyridine rings is 1. The SMILES string of the molecule is COc1ccc(F)cc1-c1ccnc2[nH]c(C3CCCN3)cc12. The van der Waals surface area contributed by atoms with Gasteiger partial charge in [-0.2, -0.15) is 0 Å². The van der Waals surface area contributed by atoms with Crippen molar-refractivity contribution >= 4 is 11.0 Å². The number of ether oxygens (including phenoxy) is 1. The van der Waals surface area contributed by atoms with Gasteiger partial charge in [0.25, 0.3) is 0 Å². The third-order valence-electron chi connectivity index (χ3n) is 4.44. The highest BCUT2D eigenvalue weighted by Crippen LogP contribution is 2.36. The molecule has 1 fully saturated rings. The number of aromatic amines is 1. The zero-order valence-electron chi connectivity index (χ0n) is 12.9. The minimum Gasteiger partial charge on any atom is -0.496 e. The van der Waals surface area contributed by atoms with Crippen molar-refractivity contribution in [1.29, 1.82) is 0 Å². The fraction of sp³-hybridized carbons (Fsp3) is 0.278. The lowest BCUT2D eigenvalue weighted by molar-refractivity contribution is 0.415. The van der Waals surface area contributed by atoms with E-state index in [-0.39, 0.29) is 5.82 Å². The fourth-order valence-electron chi connectivity index (χ4n) is 3.31. The van der Waals surface area contributed by atoms with Crippen LogP contribution in [0.1, 0.15) is 24.6 Å². The second-order valence-electron chi connectivity index (χ2n) is 5.84. The molecule has 1 atom stereocenters. The van der Waals surface area contributed by atoms with E-state index in [1.165, 1.54) is 18.6 Å². The Labute approximate surface area is 133 Å². The summed E-state index contributed by atoms with van der Waals surface area (Å²) in [4.78, 5) is 7.81. The van der Waals surface area contributed by atoms with Crippen LogP contribution in [0.5, 0.6) is 5.75 Å². The summed E-state index contributed by atoms with van der Waals surface area (Å²) in [6.07, 6.45) is 4.04. The molecule has 0 saturated carbocycles. The monoisotopic (exact) mass is 311 g/mol. The van der Waals surface area contributed by atoms with Crippen LogP contribution >= 0.6 is 0 Å². The number of hydrogen-bond donors (Lipinski definition) is 2. The summed E-state index contributed by atoms with van der Waals surface area (Å²) < 4.78 is 19.1. The van der Waals surface area contributed by atoms with Crippen LogP contribution in [0.4, 0.5) is 4.39 Å². The molecule has 23 heavy (non-hydrogen) atoms. The van der Waals surface area contributed by atoms with E-state index in [1.807, 2.05) is 6.07 Å². The molecule has 3 aromatic rings. The molecule has 4 nitrogen and oxygen atoms in total. The van der Waals surface area contributed by atoms with Crippen LogP contribution in [0.25, 0.3) is 22.2 Å². The van der Waals surface area contributed by atoms with E-state index in [2.05, 4.69) is 21.4 Å². The van der Waals surface area contributed by atoms with E-state index >= 15 is 0 Å². The number of methoxy groups -OCH3 is 1. The Morgan fingerprint density at radius 3 is 2.91 bits per heavy atom. The van der Waals surface area contributed by atoms with Gasteiger partial charge < -0.3 is 15.0 Å².